The van der Waals surface area contributed by atoms with Crippen LogP contribution in [0.2, 0.25) is 5.28 Å². The smallest absolute Gasteiger partial charge is 0.227 e. The highest BCUT2D eigenvalue weighted by atomic mass is 35.5. The van der Waals surface area contributed by atoms with E-state index in [2.05, 4.69) is 14.9 Å². The quantitative estimate of drug-likeness (QED) is 0.789. The molecule has 0 amide bonds. The van der Waals surface area contributed by atoms with Crippen LogP contribution in [0.1, 0.15) is 12.8 Å². The lowest BCUT2D eigenvalue weighted by molar-refractivity contribution is 0.0237. The van der Waals surface area contributed by atoms with Gasteiger partial charge in [-0.3, -0.25) is 0 Å². The Morgan fingerprint density at radius 3 is 2.55 bits per heavy atom. The average molecular weight is 300 g/mol. The zero-order valence-corrected chi connectivity index (χ0v) is 12.0. The topological polar surface area (TPSA) is 56.7 Å². The Hall–Kier alpha value is -1.11. The summed E-state index contributed by atoms with van der Waals surface area (Å²) in [6.45, 7) is 4.50. The molecule has 0 unspecified atom stereocenters. The molecule has 2 aliphatic heterocycles. The molecular formula is C13H18ClN3O3. The van der Waals surface area contributed by atoms with Crippen LogP contribution in [0, 0.1) is 0 Å². The molecule has 2 fully saturated rings. The van der Waals surface area contributed by atoms with E-state index < -0.39 is 0 Å². The van der Waals surface area contributed by atoms with Gasteiger partial charge in [0.15, 0.2) is 0 Å². The lowest BCUT2D eigenvalue weighted by atomic mass is 10.2. The van der Waals surface area contributed by atoms with Gasteiger partial charge in [-0.25, -0.2) is 4.98 Å². The first-order chi connectivity index (χ1) is 9.81. The summed E-state index contributed by atoms with van der Waals surface area (Å²) in [4.78, 5) is 10.6. The molecule has 0 spiro atoms. The van der Waals surface area contributed by atoms with Gasteiger partial charge in [-0.05, 0) is 11.6 Å². The maximum Gasteiger partial charge on any atom is 0.227 e. The number of morpholine rings is 1. The van der Waals surface area contributed by atoms with Gasteiger partial charge in [0.2, 0.25) is 11.2 Å². The Morgan fingerprint density at radius 1 is 1.10 bits per heavy atom. The van der Waals surface area contributed by atoms with Crippen LogP contribution >= 0.6 is 11.6 Å². The van der Waals surface area contributed by atoms with Crippen LogP contribution in [-0.4, -0.2) is 55.6 Å². The molecule has 0 atom stereocenters. The van der Waals surface area contributed by atoms with Gasteiger partial charge in [-0.1, -0.05) is 0 Å². The SMILES string of the molecule is Clc1nc(OC2CCOCC2)cc(N2CCOCC2)n1. The second-order valence-corrected chi connectivity index (χ2v) is 5.20. The molecule has 1 aromatic rings. The Labute approximate surface area is 123 Å². The standard InChI is InChI=1S/C13H18ClN3O3/c14-13-15-11(17-3-7-19-8-4-17)9-12(16-13)20-10-1-5-18-6-2-10/h9-10H,1-8H2. The van der Waals surface area contributed by atoms with Crippen molar-refractivity contribution in [2.24, 2.45) is 0 Å². The summed E-state index contributed by atoms with van der Waals surface area (Å²) in [6.07, 6.45) is 1.91. The minimum atomic E-state index is 0.146. The summed E-state index contributed by atoms with van der Waals surface area (Å²) in [6, 6.07) is 1.85. The van der Waals surface area contributed by atoms with Gasteiger partial charge >= 0.3 is 0 Å². The number of aromatic nitrogens is 2. The summed E-state index contributed by atoms with van der Waals surface area (Å²) in [7, 11) is 0. The fraction of sp³-hybridized carbons (Fsp3) is 0.692. The van der Waals surface area contributed by atoms with Gasteiger partial charge < -0.3 is 19.1 Å². The summed E-state index contributed by atoms with van der Waals surface area (Å²) < 4.78 is 16.6. The van der Waals surface area contributed by atoms with Gasteiger partial charge in [-0.2, -0.15) is 4.98 Å². The molecule has 1 aromatic heterocycles. The van der Waals surface area contributed by atoms with Crippen LogP contribution in [0.4, 0.5) is 5.82 Å². The first-order valence-electron chi connectivity index (χ1n) is 6.93. The van der Waals surface area contributed by atoms with Crippen molar-refractivity contribution in [3.63, 3.8) is 0 Å². The largest absolute Gasteiger partial charge is 0.474 e. The van der Waals surface area contributed by atoms with Gasteiger partial charge in [-0.15, -0.1) is 0 Å². The Bertz CT molecular complexity index is 448. The van der Waals surface area contributed by atoms with Gasteiger partial charge in [0.05, 0.1) is 26.4 Å². The Balaban J connectivity index is 1.71. The number of ether oxygens (including phenoxy) is 3. The zero-order valence-electron chi connectivity index (χ0n) is 11.3. The molecule has 2 aliphatic rings. The second-order valence-electron chi connectivity index (χ2n) is 4.86. The first-order valence-corrected chi connectivity index (χ1v) is 7.31. The third-order valence-electron chi connectivity index (χ3n) is 3.45. The Kier molecular flexibility index (Phi) is 4.54. The van der Waals surface area contributed by atoms with E-state index in [4.69, 9.17) is 25.8 Å². The molecule has 7 heteroatoms. The molecule has 3 heterocycles. The molecule has 0 radical (unpaired) electrons. The molecule has 6 nitrogen and oxygen atoms in total. The van der Waals surface area contributed by atoms with E-state index in [1.165, 1.54) is 0 Å². The van der Waals surface area contributed by atoms with Crippen molar-refractivity contribution in [2.45, 2.75) is 18.9 Å². The second kappa shape index (κ2) is 6.56. The lowest BCUT2D eigenvalue weighted by Gasteiger charge is -2.28. The highest BCUT2D eigenvalue weighted by Crippen LogP contribution is 2.23. The van der Waals surface area contributed by atoms with Crippen molar-refractivity contribution in [3.8, 4) is 5.88 Å². The van der Waals surface area contributed by atoms with E-state index in [0.717, 1.165) is 45.0 Å². The molecule has 110 valence electrons. The third kappa shape index (κ3) is 3.50. The Morgan fingerprint density at radius 2 is 1.80 bits per heavy atom. The number of hydrogen-bond donors (Lipinski definition) is 0. The fourth-order valence-corrected chi connectivity index (χ4v) is 2.53. The van der Waals surface area contributed by atoms with Crippen LogP contribution in [-0.2, 0) is 9.47 Å². The fourth-order valence-electron chi connectivity index (χ4n) is 2.36. The van der Waals surface area contributed by atoms with E-state index in [1.807, 2.05) is 6.07 Å². The van der Waals surface area contributed by atoms with Gasteiger partial charge in [0.25, 0.3) is 0 Å². The van der Waals surface area contributed by atoms with Crippen LogP contribution in [0.3, 0.4) is 0 Å². The summed E-state index contributed by atoms with van der Waals surface area (Å²) in [5, 5.41) is 0.219. The van der Waals surface area contributed by atoms with Crippen molar-refractivity contribution >= 4 is 17.4 Å². The number of anilines is 1. The van der Waals surface area contributed by atoms with Crippen molar-refractivity contribution in [1.29, 1.82) is 0 Å². The first kappa shape index (κ1) is 13.9. The van der Waals surface area contributed by atoms with Crippen LogP contribution in [0.25, 0.3) is 0 Å². The minimum absolute atomic E-state index is 0.146. The highest BCUT2D eigenvalue weighted by Gasteiger charge is 2.19. The van der Waals surface area contributed by atoms with Crippen molar-refractivity contribution in [2.75, 3.05) is 44.4 Å². The third-order valence-corrected chi connectivity index (χ3v) is 3.62. The van der Waals surface area contributed by atoms with E-state index >= 15 is 0 Å². The predicted octanol–water partition coefficient (Wildman–Crippen LogP) is 1.52. The molecule has 20 heavy (non-hydrogen) atoms. The van der Waals surface area contributed by atoms with Crippen molar-refractivity contribution < 1.29 is 14.2 Å². The molecule has 0 aromatic carbocycles. The lowest BCUT2D eigenvalue weighted by Crippen LogP contribution is -2.36. The van der Waals surface area contributed by atoms with E-state index in [-0.39, 0.29) is 11.4 Å². The van der Waals surface area contributed by atoms with Crippen LogP contribution in [0.5, 0.6) is 5.88 Å². The van der Waals surface area contributed by atoms with E-state index in [0.29, 0.717) is 19.1 Å². The highest BCUT2D eigenvalue weighted by molar-refractivity contribution is 6.28. The molecule has 0 bridgehead atoms. The number of halogens is 1. The van der Waals surface area contributed by atoms with Crippen molar-refractivity contribution in [1.82, 2.24) is 9.97 Å². The number of rotatable bonds is 3. The molecule has 3 rings (SSSR count). The number of hydrogen-bond acceptors (Lipinski definition) is 6. The van der Waals surface area contributed by atoms with E-state index in [9.17, 15) is 0 Å². The van der Waals surface area contributed by atoms with Crippen LogP contribution in [0.15, 0.2) is 6.07 Å². The van der Waals surface area contributed by atoms with Gasteiger partial charge in [0, 0.05) is 32.0 Å². The van der Waals surface area contributed by atoms with Crippen LogP contribution < -0.4 is 9.64 Å². The van der Waals surface area contributed by atoms with E-state index in [1.54, 1.807) is 0 Å². The maximum absolute atomic E-state index is 6.00. The molecule has 0 saturated carbocycles. The van der Waals surface area contributed by atoms with Crippen molar-refractivity contribution in [3.05, 3.63) is 11.3 Å². The molecular weight excluding hydrogens is 282 g/mol. The predicted molar refractivity (Wildman–Crippen MR) is 74.5 cm³/mol. The summed E-state index contributed by atoms with van der Waals surface area (Å²) in [5.41, 5.74) is 0. The summed E-state index contributed by atoms with van der Waals surface area (Å²) >= 11 is 6.00. The van der Waals surface area contributed by atoms with Gasteiger partial charge in [0.1, 0.15) is 11.9 Å². The molecule has 0 aliphatic carbocycles. The average Bonchev–Trinajstić information content (AvgIpc) is 2.49. The number of nitrogens with zero attached hydrogens (tertiary/aromatic N) is 3. The normalized spacial score (nSPS) is 20.9. The maximum atomic E-state index is 6.00. The zero-order chi connectivity index (χ0) is 13.8. The molecule has 2 saturated heterocycles. The monoisotopic (exact) mass is 299 g/mol. The minimum Gasteiger partial charge on any atom is -0.474 e. The molecule has 0 N–H and O–H groups in total. The summed E-state index contributed by atoms with van der Waals surface area (Å²) in [5.74, 6) is 1.34.